The molecule has 2 aliphatic carbocycles. The maximum Gasteiger partial charge on any atom is 0.330 e. The van der Waals surface area contributed by atoms with Crippen LogP contribution in [0.15, 0.2) is 25.3 Å². The van der Waals surface area contributed by atoms with E-state index in [-0.39, 0.29) is 49.2 Å². The van der Waals surface area contributed by atoms with Crippen molar-refractivity contribution in [3.05, 3.63) is 25.3 Å². The van der Waals surface area contributed by atoms with Crippen molar-refractivity contribution in [1.29, 1.82) is 0 Å². The summed E-state index contributed by atoms with van der Waals surface area (Å²) in [5.74, 6) is -1.68. The van der Waals surface area contributed by atoms with Crippen molar-refractivity contribution in [2.45, 2.75) is 114 Å². The Morgan fingerprint density at radius 3 is 1.30 bits per heavy atom. The molecule has 0 radical (unpaired) electrons. The van der Waals surface area contributed by atoms with Gasteiger partial charge in [-0.2, -0.15) is 0 Å². The van der Waals surface area contributed by atoms with E-state index in [1.807, 2.05) is 0 Å². The number of hydrogen-bond donors (Lipinski definition) is 0. The fraction of sp³-hybridized carbons (Fsp3) is 0.765. The molecule has 4 aliphatic rings. The Morgan fingerprint density at radius 1 is 0.565 bits per heavy atom. The first-order chi connectivity index (χ1) is 22.4. The van der Waals surface area contributed by atoms with Gasteiger partial charge in [0, 0.05) is 25.4 Å². The normalized spacial score (nSPS) is 30.5. The molecule has 4 rings (SSSR count). The van der Waals surface area contributed by atoms with Gasteiger partial charge >= 0.3 is 23.9 Å². The average molecular weight is 651 g/mol. The first-order valence-corrected chi connectivity index (χ1v) is 16.8. The molecule has 0 aromatic heterocycles. The van der Waals surface area contributed by atoms with E-state index in [2.05, 4.69) is 13.2 Å². The van der Waals surface area contributed by atoms with E-state index in [0.717, 1.165) is 63.5 Å². The number of fused-ring (bicyclic) bond motifs is 1. The number of ether oxygens (including phenoxy) is 8. The Balaban J connectivity index is 1.06. The zero-order valence-electron chi connectivity index (χ0n) is 26.8. The van der Waals surface area contributed by atoms with Crippen LogP contribution in [0.5, 0.6) is 0 Å². The van der Waals surface area contributed by atoms with Gasteiger partial charge in [-0.15, -0.1) is 0 Å². The van der Waals surface area contributed by atoms with E-state index < -0.39 is 36.4 Å². The minimum absolute atomic E-state index is 0.113. The predicted molar refractivity (Wildman–Crippen MR) is 163 cm³/mol. The third-order valence-corrected chi connectivity index (χ3v) is 9.12. The van der Waals surface area contributed by atoms with Crippen LogP contribution < -0.4 is 0 Å². The largest absolute Gasteiger partial charge is 0.463 e. The molecule has 0 aromatic rings. The summed E-state index contributed by atoms with van der Waals surface area (Å²) in [5, 5.41) is 0. The third kappa shape index (κ3) is 11.2. The van der Waals surface area contributed by atoms with Crippen molar-refractivity contribution in [1.82, 2.24) is 0 Å². The van der Waals surface area contributed by atoms with Crippen molar-refractivity contribution in [2.75, 3.05) is 39.6 Å². The number of rotatable bonds is 18. The molecule has 12 heteroatoms. The minimum Gasteiger partial charge on any atom is -0.463 e. The van der Waals surface area contributed by atoms with Crippen LogP contribution in [0, 0.1) is 11.8 Å². The molecule has 4 atom stereocenters. The van der Waals surface area contributed by atoms with E-state index in [0.29, 0.717) is 52.1 Å². The molecule has 4 fully saturated rings. The maximum absolute atomic E-state index is 13.0. The second kappa shape index (κ2) is 19.1. The van der Waals surface area contributed by atoms with E-state index in [9.17, 15) is 19.2 Å². The molecule has 2 aliphatic heterocycles. The second-order valence-electron chi connectivity index (χ2n) is 12.4. The van der Waals surface area contributed by atoms with Crippen LogP contribution in [0.3, 0.4) is 0 Å². The summed E-state index contributed by atoms with van der Waals surface area (Å²) in [6.07, 6.45) is 9.58. The van der Waals surface area contributed by atoms with Crippen LogP contribution in [-0.2, 0) is 57.1 Å². The van der Waals surface area contributed by atoms with Crippen LogP contribution in [0.25, 0.3) is 0 Å². The average Bonchev–Trinajstić information content (AvgIpc) is 3.67. The van der Waals surface area contributed by atoms with Gasteiger partial charge in [0.25, 0.3) is 0 Å². The molecule has 2 saturated heterocycles. The lowest BCUT2D eigenvalue weighted by atomic mass is 9.87. The lowest BCUT2D eigenvalue weighted by Gasteiger charge is -2.28. The highest BCUT2D eigenvalue weighted by Crippen LogP contribution is 2.35. The SMILES string of the molecule is C=CC(=O)OCCCCOC1CCC(C(=O)OC2CO[C@@H]3[C@@H](OC(=O)C4CCC(OCCCCOC(=O)C=C)CC4)CO[C@H]23)CC1. The molecular weight excluding hydrogens is 600 g/mol. The smallest absolute Gasteiger partial charge is 0.330 e. The minimum atomic E-state index is -0.521. The molecule has 0 bridgehead atoms. The van der Waals surface area contributed by atoms with Crippen LogP contribution >= 0.6 is 0 Å². The fourth-order valence-electron chi connectivity index (χ4n) is 6.42. The summed E-state index contributed by atoms with van der Waals surface area (Å²) in [5.41, 5.74) is 0. The molecule has 0 aromatic carbocycles. The van der Waals surface area contributed by atoms with Gasteiger partial charge in [0.15, 0.2) is 12.2 Å². The quantitative estimate of drug-likeness (QED) is 0.0922. The lowest BCUT2D eigenvalue weighted by molar-refractivity contribution is -0.162. The van der Waals surface area contributed by atoms with Crippen molar-refractivity contribution in [3.63, 3.8) is 0 Å². The Hall–Kier alpha value is -2.80. The number of esters is 4. The Kier molecular flexibility index (Phi) is 15.0. The van der Waals surface area contributed by atoms with Crippen molar-refractivity contribution in [3.8, 4) is 0 Å². The maximum atomic E-state index is 13.0. The van der Waals surface area contributed by atoms with Crippen molar-refractivity contribution in [2.24, 2.45) is 11.8 Å². The summed E-state index contributed by atoms with van der Waals surface area (Å²) in [7, 11) is 0. The molecular formula is C34H50O12. The number of hydrogen-bond acceptors (Lipinski definition) is 12. The molecule has 0 N–H and O–H groups in total. The molecule has 46 heavy (non-hydrogen) atoms. The van der Waals surface area contributed by atoms with E-state index in [4.69, 9.17) is 37.9 Å². The monoisotopic (exact) mass is 650 g/mol. The zero-order valence-corrected chi connectivity index (χ0v) is 26.8. The van der Waals surface area contributed by atoms with Gasteiger partial charge in [-0.3, -0.25) is 9.59 Å². The zero-order chi connectivity index (χ0) is 32.7. The predicted octanol–water partition coefficient (Wildman–Crippen LogP) is 3.78. The van der Waals surface area contributed by atoms with Crippen molar-refractivity contribution < 1.29 is 57.1 Å². The topological polar surface area (TPSA) is 142 Å². The summed E-state index contributed by atoms with van der Waals surface area (Å²) in [6, 6.07) is 0. The summed E-state index contributed by atoms with van der Waals surface area (Å²) in [6.45, 7) is 9.06. The van der Waals surface area contributed by atoms with Gasteiger partial charge in [0.05, 0.1) is 50.5 Å². The fourth-order valence-corrected chi connectivity index (χ4v) is 6.42. The van der Waals surface area contributed by atoms with E-state index in [1.54, 1.807) is 0 Å². The molecule has 0 amide bonds. The Labute approximate surface area is 271 Å². The van der Waals surface area contributed by atoms with Crippen LogP contribution in [0.2, 0.25) is 0 Å². The summed E-state index contributed by atoms with van der Waals surface area (Å²) >= 11 is 0. The number of unbranched alkanes of at least 4 members (excludes halogenated alkanes) is 2. The highest BCUT2D eigenvalue weighted by atomic mass is 16.7. The first kappa shape index (κ1) is 36.0. The van der Waals surface area contributed by atoms with Crippen LogP contribution in [0.4, 0.5) is 0 Å². The molecule has 2 heterocycles. The molecule has 258 valence electrons. The highest BCUT2D eigenvalue weighted by Gasteiger charge is 2.52. The van der Waals surface area contributed by atoms with Gasteiger partial charge in [0.1, 0.15) is 12.2 Å². The molecule has 1 unspecified atom stereocenters. The van der Waals surface area contributed by atoms with Gasteiger partial charge in [-0.1, -0.05) is 13.2 Å². The molecule has 0 spiro atoms. The number of carbonyl (C=O) groups excluding carboxylic acids is 4. The van der Waals surface area contributed by atoms with Crippen LogP contribution in [0.1, 0.15) is 77.0 Å². The summed E-state index contributed by atoms with van der Waals surface area (Å²) in [4.78, 5) is 48.0. The second-order valence-corrected chi connectivity index (χ2v) is 12.4. The Morgan fingerprint density at radius 2 is 0.935 bits per heavy atom. The lowest BCUT2D eigenvalue weighted by Crippen LogP contribution is -2.38. The van der Waals surface area contributed by atoms with Gasteiger partial charge < -0.3 is 37.9 Å². The number of carbonyl (C=O) groups is 4. The van der Waals surface area contributed by atoms with E-state index >= 15 is 0 Å². The first-order valence-electron chi connectivity index (χ1n) is 16.8. The van der Waals surface area contributed by atoms with E-state index in [1.165, 1.54) is 0 Å². The third-order valence-electron chi connectivity index (χ3n) is 9.12. The van der Waals surface area contributed by atoms with Gasteiger partial charge in [-0.05, 0) is 77.0 Å². The Bertz CT molecular complexity index is 934. The van der Waals surface area contributed by atoms with Crippen LogP contribution in [-0.4, -0.2) is 100 Å². The summed E-state index contributed by atoms with van der Waals surface area (Å²) < 4.78 is 45.3. The van der Waals surface area contributed by atoms with Gasteiger partial charge in [-0.25, -0.2) is 9.59 Å². The highest BCUT2D eigenvalue weighted by molar-refractivity contribution is 5.81. The standard InChI is InChI=1S/C34H50O12/c1-3-29(35)41-19-7-5-17-39-25-13-9-23(10-14-25)33(37)45-27-21-43-32-28(22-44-31(27)32)46-34(38)24-11-15-26(16-12-24)40-18-6-8-20-42-30(36)4-2/h3-4,23-28,31-32H,1-2,5-22H2/t23?,24?,25?,26?,27-,28?,31+,32+/m0/s1. The molecule has 2 saturated carbocycles. The van der Waals surface area contributed by atoms with Gasteiger partial charge in [0.2, 0.25) is 0 Å². The van der Waals surface area contributed by atoms with Crippen molar-refractivity contribution >= 4 is 23.9 Å². The molecule has 12 nitrogen and oxygen atoms in total.